The second-order valence-electron chi connectivity index (χ2n) is 5.93. The van der Waals surface area contributed by atoms with Crippen LogP contribution in [0.2, 0.25) is 0 Å². The van der Waals surface area contributed by atoms with Crippen LogP contribution in [-0.2, 0) is 17.8 Å². The highest BCUT2D eigenvalue weighted by Gasteiger charge is 2.15. The Hall–Kier alpha value is -1.60. The predicted octanol–water partition coefficient (Wildman–Crippen LogP) is 3.60. The van der Waals surface area contributed by atoms with E-state index < -0.39 is 0 Å². The van der Waals surface area contributed by atoms with Gasteiger partial charge in [-0.2, -0.15) is 0 Å². The van der Waals surface area contributed by atoms with Gasteiger partial charge in [0.1, 0.15) is 4.83 Å². The molecule has 5 nitrogen and oxygen atoms in total. The number of carbonyl (C=O) groups is 1. The number of rotatable bonds is 9. The molecular formula is C18H25N3O2S2. The van der Waals surface area contributed by atoms with Gasteiger partial charge in [-0.3, -0.25) is 14.2 Å². The molecule has 25 heavy (non-hydrogen) atoms. The van der Waals surface area contributed by atoms with E-state index in [9.17, 15) is 9.59 Å². The zero-order valence-electron chi connectivity index (χ0n) is 15.0. The second-order valence-corrected chi connectivity index (χ2v) is 7.99. The van der Waals surface area contributed by atoms with Crippen LogP contribution in [0.25, 0.3) is 10.2 Å². The van der Waals surface area contributed by atoms with E-state index in [1.54, 1.807) is 10.6 Å². The molecule has 0 saturated heterocycles. The van der Waals surface area contributed by atoms with Gasteiger partial charge >= 0.3 is 0 Å². The zero-order chi connectivity index (χ0) is 18.4. The minimum absolute atomic E-state index is 0.0362. The third kappa shape index (κ3) is 4.95. The summed E-state index contributed by atoms with van der Waals surface area (Å²) in [5.41, 5.74) is -0.0666. The van der Waals surface area contributed by atoms with Crippen LogP contribution in [0.4, 0.5) is 0 Å². The van der Waals surface area contributed by atoms with E-state index in [1.165, 1.54) is 23.1 Å². The van der Waals surface area contributed by atoms with Gasteiger partial charge in [0.2, 0.25) is 5.91 Å². The first-order valence-electron chi connectivity index (χ1n) is 8.56. The number of hydrogen-bond donors (Lipinski definition) is 1. The van der Waals surface area contributed by atoms with E-state index in [4.69, 9.17) is 0 Å². The molecule has 0 spiro atoms. The van der Waals surface area contributed by atoms with Crippen molar-refractivity contribution >= 4 is 39.2 Å². The van der Waals surface area contributed by atoms with Crippen molar-refractivity contribution in [2.24, 2.45) is 0 Å². The molecule has 2 aromatic heterocycles. The average Bonchev–Trinajstić information content (AvgIpc) is 2.99. The number of allylic oxidation sites excluding steroid dienone is 1. The maximum Gasteiger partial charge on any atom is 0.263 e. The Balaban J connectivity index is 2.23. The molecule has 2 aromatic rings. The third-order valence-corrected chi connectivity index (χ3v) is 5.94. The molecule has 1 atom stereocenters. The van der Waals surface area contributed by atoms with E-state index >= 15 is 0 Å². The monoisotopic (exact) mass is 379 g/mol. The first-order chi connectivity index (χ1) is 12.0. The molecule has 0 aliphatic carbocycles. The lowest BCUT2D eigenvalue weighted by Crippen LogP contribution is -2.34. The lowest BCUT2D eigenvalue weighted by atomic mass is 10.2. The number of aromatic nitrogens is 2. The van der Waals surface area contributed by atoms with E-state index in [0.29, 0.717) is 17.1 Å². The van der Waals surface area contributed by atoms with Gasteiger partial charge in [-0.25, -0.2) is 4.98 Å². The standard InChI is InChI=1S/C18H25N3O2S2/c1-5-8-12(4)19-15(22)11-24-18-20-16-14(10-13(7-3)25-16)17(23)21(18)9-6-2/h6,10,12H,2,5,7-9,11H2,1,3-4H3,(H,19,22)/t12-/m0/s1. The third-order valence-electron chi connectivity index (χ3n) is 3.79. The fraction of sp³-hybridized carbons (Fsp3) is 0.500. The van der Waals surface area contributed by atoms with Crippen molar-refractivity contribution in [3.63, 3.8) is 0 Å². The maximum atomic E-state index is 12.7. The fourth-order valence-corrected chi connectivity index (χ4v) is 4.40. The number of hydrogen-bond acceptors (Lipinski definition) is 5. The van der Waals surface area contributed by atoms with Gasteiger partial charge in [-0.1, -0.05) is 38.1 Å². The number of nitrogens with one attached hydrogen (secondary N) is 1. The molecule has 2 rings (SSSR count). The summed E-state index contributed by atoms with van der Waals surface area (Å²) in [6, 6.07) is 2.08. The van der Waals surface area contributed by atoms with Crippen molar-refractivity contribution in [1.29, 1.82) is 0 Å². The van der Waals surface area contributed by atoms with Gasteiger partial charge in [0.25, 0.3) is 5.56 Å². The van der Waals surface area contributed by atoms with Crippen molar-refractivity contribution in [3.8, 4) is 0 Å². The van der Waals surface area contributed by atoms with Crippen LogP contribution < -0.4 is 10.9 Å². The number of carbonyl (C=O) groups excluding carboxylic acids is 1. The van der Waals surface area contributed by atoms with E-state index in [2.05, 4.69) is 30.7 Å². The average molecular weight is 380 g/mol. The summed E-state index contributed by atoms with van der Waals surface area (Å²) in [5, 5.41) is 4.19. The molecule has 1 amide bonds. The predicted molar refractivity (Wildman–Crippen MR) is 107 cm³/mol. The molecule has 7 heteroatoms. The minimum Gasteiger partial charge on any atom is -0.353 e. The van der Waals surface area contributed by atoms with E-state index in [1.807, 2.05) is 13.0 Å². The first kappa shape index (κ1) is 19.7. The molecular weight excluding hydrogens is 354 g/mol. The van der Waals surface area contributed by atoms with Crippen molar-refractivity contribution < 1.29 is 4.79 Å². The van der Waals surface area contributed by atoms with Crippen LogP contribution in [0, 0.1) is 0 Å². The number of thioether (sulfide) groups is 1. The Bertz CT molecular complexity index is 810. The molecule has 0 unspecified atom stereocenters. The van der Waals surface area contributed by atoms with Crippen LogP contribution in [0.3, 0.4) is 0 Å². The van der Waals surface area contributed by atoms with Crippen LogP contribution in [0.5, 0.6) is 0 Å². The number of fused-ring (bicyclic) bond motifs is 1. The zero-order valence-corrected chi connectivity index (χ0v) is 16.6. The molecule has 0 saturated carbocycles. The molecule has 1 N–H and O–H groups in total. The lowest BCUT2D eigenvalue weighted by molar-refractivity contribution is -0.119. The molecule has 136 valence electrons. The Morgan fingerprint density at radius 3 is 2.92 bits per heavy atom. The van der Waals surface area contributed by atoms with E-state index in [0.717, 1.165) is 29.0 Å². The number of thiophene rings is 1. The highest BCUT2D eigenvalue weighted by molar-refractivity contribution is 7.99. The highest BCUT2D eigenvalue weighted by atomic mass is 32.2. The normalized spacial score (nSPS) is 12.3. The molecule has 0 radical (unpaired) electrons. The van der Waals surface area contributed by atoms with Crippen LogP contribution >= 0.6 is 23.1 Å². The summed E-state index contributed by atoms with van der Waals surface area (Å²) in [6.07, 6.45) is 4.54. The summed E-state index contributed by atoms with van der Waals surface area (Å²) in [5.74, 6) is 0.209. The fourth-order valence-electron chi connectivity index (χ4n) is 2.57. The molecule has 0 aliphatic heterocycles. The largest absolute Gasteiger partial charge is 0.353 e. The second kappa shape index (κ2) is 9.20. The van der Waals surface area contributed by atoms with Gasteiger partial charge in [-0.15, -0.1) is 17.9 Å². The first-order valence-corrected chi connectivity index (χ1v) is 10.4. The molecule has 0 aromatic carbocycles. The summed E-state index contributed by atoms with van der Waals surface area (Å²) in [4.78, 5) is 31.4. The maximum absolute atomic E-state index is 12.7. The molecule has 0 fully saturated rings. The smallest absolute Gasteiger partial charge is 0.263 e. The van der Waals surface area contributed by atoms with Gasteiger partial charge in [-0.05, 0) is 25.8 Å². The topological polar surface area (TPSA) is 64.0 Å². The number of nitrogens with zero attached hydrogens (tertiary/aromatic N) is 2. The van der Waals surface area contributed by atoms with Gasteiger partial charge in [0, 0.05) is 17.5 Å². The summed E-state index contributed by atoms with van der Waals surface area (Å²) >= 11 is 2.84. The Morgan fingerprint density at radius 1 is 1.52 bits per heavy atom. The molecule has 2 heterocycles. The Kier molecular flexibility index (Phi) is 7.25. The molecule has 0 aliphatic rings. The van der Waals surface area contributed by atoms with Crippen LogP contribution in [-0.4, -0.2) is 27.3 Å². The van der Waals surface area contributed by atoms with Crippen molar-refractivity contribution in [2.75, 3.05) is 5.75 Å². The Labute approximate surface area is 156 Å². The van der Waals surface area contributed by atoms with E-state index in [-0.39, 0.29) is 23.3 Å². The summed E-state index contributed by atoms with van der Waals surface area (Å²) in [6.45, 7) is 10.3. The number of amides is 1. The lowest BCUT2D eigenvalue weighted by Gasteiger charge is -2.13. The minimum atomic E-state index is -0.0666. The summed E-state index contributed by atoms with van der Waals surface area (Å²) in [7, 11) is 0. The number of aryl methyl sites for hydroxylation is 1. The van der Waals surface area contributed by atoms with Crippen molar-refractivity contribution in [1.82, 2.24) is 14.9 Å². The van der Waals surface area contributed by atoms with Crippen molar-refractivity contribution in [3.05, 3.63) is 34.0 Å². The van der Waals surface area contributed by atoms with Crippen LogP contribution in [0.15, 0.2) is 28.7 Å². The van der Waals surface area contributed by atoms with Gasteiger partial charge in [0.05, 0.1) is 11.1 Å². The van der Waals surface area contributed by atoms with Crippen molar-refractivity contribution in [2.45, 2.75) is 57.8 Å². The molecule has 0 bridgehead atoms. The van der Waals surface area contributed by atoms with Gasteiger partial charge in [0.15, 0.2) is 5.16 Å². The summed E-state index contributed by atoms with van der Waals surface area (Å²) < 4.78 is 1.59. The SMILES string of the molecule is C=CCn1c(SCC(=O)N[C@@H](C)CCC)nc2sc(CC)cc2c1=O. The Morgan fingerprint density at radius 2 is 2.28 bits per heavy atom. The quantitative estimate of drug-likeness (QED) is 0.411. The van der Waals surface area contributed by atoms with Crippen LogP contribution in [0.1, 0.15) is 38.5 Å². The highest BCUT2D eigenvalue weighted by Crippen LogP contribution is 2.25. The van der Waals surface area contributed by atoms with Gasteiger partial charge < -0.3 is 5.32 Å².